The molecule has 0 aliphatic carbocycles. The fourth-order valence-electron chi connectivity index (χ4n) is 2.54. The number of carbonyl (C=O) groups is 2. The molecule has 29 heavy (non-hydrogen) atoms. The van der Waals surface area contributed by atoms with E-state index in [4.69, 9.17) is 4.74 Å². The van der Waals surface area contributed by atoms with Gasteiger partial charge in [-0.3, -0.25) is 9.59 Å². The van der Waals surface area contributed by atoms with Crippen LogP contribution >= 0.6 is 0 Å². The first-order valence-electron chi connectivity index (χ1n) is 8.77. The molecule has 6 nitrogen and oxygen atoms in total. The maximum Gasteiger partial charge on any atom is 0.387 e. The summed E-state index contributed by atoms with van der Waals surface area (Å²) in [6, 6.07) is 9.49. The molecule has 0 radical (unpaired) electrons. The maximum atomic E-state index is 12.9. The number of amides is 2. The highest BCUT2D eigenvalue weighted by Crippen LogP contribution is 2.29. The molecule has 0 saturated carbocycles. The number of ether oxygens (including phenoxy) is 2. The summed E-state index contributed by atoms with van der Waals surface area (Å²) in [5.41, 5.74) is 0.880. The fraction of sp³-hybridized carbons (Fsp3) is 0.300. The lowest BCUT2D eigenvalue weighted by Crippen LogP contribution is -2.40. The summed E-state index contributed by atoms with van der Waals surface area (Å²) in [6.45, 7) is -1.08. The van der Waals surface area contributed by atoms with Crippen molar-refractivity contribution in [3.8, 4) is 11.5 Å². The quantitative estimate of drug-likeness (QED) is 0.689. The van der Waals surface area contributed by atoms with Gasteiger partial charge >= 0.3 is 6.61 Å². The molecule has 0 aliphatic rings. The third-order valence-corrected chi connectivity index (χ3v) is 4.03. The van der Waals surface area contributed by atoms with Crippen molar-refractivity contribution in [2.24, 2.45) is 0 Å². The summed E-state index contributed by atoms with van der Waals surface area (Å²) >= 11 is 0. The Morgan fingerprint density at radius 2 is 1.79 bits per heavy atom. The number of carbonyl (C=O) groups excluding carboxylic acids is 2. The average Bonchev–Trinajstić information content (AvgIpc) is 2.71. The molecule has 0 fully saturated rings. The second-order valence-electron chi connectivity index (χ2n) is 5.97. The van der Waals surface area contributed by atoms with Crippen LogP contribution in [0.3, 0.4) is 0 Å². The first-order chi connectivity index (χ1) is 13.8. The Hall–Kier alpha value is -3.23. The SMILES string of the molecule is CCN(CC(=O)NCc1ccc(F)cc1)C(=O)c1ccc(OC(F)F)c(OC)c1. The Morgan fingerprint density at radius 3 is 2.38 bits per heavy atom. The molecule has 2 aromatic rings. The second-order valence-corrected chi connectivity index (χ2v) is 5.97. The number of nitrogens with one attached hydrogen (secondary N) is 1. The van der Waals surface area contributed by atoms with Crippen LogP contribution in [-0.2, 0) is 11.3 Å². The number of benzene rings is 2. The van der Waals surface area contributed by atoms with Crippen LogP contribution in [0.25, 0.3) is 0 Å². The van der Waals surface area contributed by atoms with Gasteiger partial charge in [0.05, 0.1) is 13.7 Å². The summed E-state index contributed by atoms with van der Waals surface area (Å²) in [5, 5.41) is 2.66. The van der Waals surface area contributed by atoms with Crippen molar-refractivity contribution in [3.63, 3.8) is 0 Å². The van der Waals surface area contributed by atoms with Crippen LogP contribution in [-0.4, -0.2) is 43.5 Å². The summed E-state index contributed by atoms with van der Waals surface area (Å²) < 4.78 is 47.1. The molecular formula is C20H21F3N2O4. The Balaban J connectivity index is 2.01. The average molecular weight is 410 g/mol. The molecule has 0 saturated heterocycles. The molecule has 2 rings (SSSR count). The predicted molar refractivity (Wildman–Crippen MR) is 99.5 cm³/mol. The molecule has 0 bridgehead atoms. The van der Waals surface area contributed by atoms with E-state index in [-0.39, 0.29) is 42.5 Å². The highest BCUT2D eigenvalue weighted by molar-refractivity contribution is 5.97. The van der Waals surface area contributed by atoms with E-state index in [1.807, 2.05) is 0 Å². The number of rotatable bonds is 9. The first-order valence-corrected chi connectivity index (χ1v) is 8.77. The van der Waals surface area contributed by atoms with Gasteiger partial charge in [-0.2, -0.15) is 8.78 Å². The van der Waals surface area contributed by atoms with Crippen molar-refractivity contribution in [2.75, 3.05) is 20.2 Å². The van der Waals surface area contributed by atoms with E-state index < -0.39 is 18.4 Å². The highest BCUT2D eigenvalue weighted by Gasteiger charge is 2.20. The minimum Gasteiger partial charge on any atom is -0.493 e. The number of methoxy groups -OCH3 is 1. The van der Waals surface area contributed by atoms with E-state index in [0.29, 0.717) is 5.56 Å². The number of likely N-dealkylation sites (N-methyl/N-ethyl adjacent to an activating group) is 1. The van der Waals surface area contributed by atoms with Crippen molar-refractivity contribution in [1.29, 1.82) is 0 Å². The van der Waals surface area contributed by atoms with Crippen molar-refractivity contribution in [3.05, 3.63) is 59.4 Å². The van der Waals surface area contributed by atoms with Gasteiger partial charge in [-0.15, -0.1) is 0 Å². The maximum absolute atomic E-state index is 12.9. The zero-order valence-electron chi connectivity index (χ0n) is 16.0. The van der Waals surface area contributed by atoms with Crippen LogP contribution in [0.4, 0.5) is 13.2 Å². The predicted octanol–water partition coefficient (Wildman–Crippen LogP) is 3.21. The number of hydrogen-bond donors (Lipinski definition) is 1. The third kappa shape index (κ3) is 6.41. The van der Waals surface area contributed by atoms with Gasteiger partial charge in [0.15, 0.2) is 11.5 Å². The Bertz CT molecular complexity index is 844. The minimum atomic E-state index is -3.03. The lowest BCUT2D eigenvalue weighted by Gasteiger charge is -2.21. The molecule has 0 spiro atoms. The van der Waals surface area contributed by atoms with E-state index >= 15 is 0 Å². The molecule has 9 heteroatoms. The highest BCUT2D eigenvalue weighted by atomic mass is 19.3. The van der Waals surface area contributed by atoms with Crippen LogP contribution in [0.5, 0.6) is 11.5 Å². The van der Waals surface area contributed by atoms with Crippen molar-refractivity contribution in [2.45, 2.75) is 20.1 Å². The van der Waals surface area contributed by atoms with Gasteiger partial charge in [0.2, 0.25) is 5.91 Å². The Labute approximate surface area is 166 Å². The summed E-state index contributed by atoms with van der Waals surface area (Å²) in [4.78, 5) is 26.2. The van der Waals surface area contributed by atoms with E-state index in [1.165, 1.54) is 42.3 Å². The van der Waals surface area contributed by atoms with Crippen LogP contribution in [0.2, 0.25) is 0 Å². The molecule has 1 N–H and O–H groups in total. The van der Waals surface area contributed by atoms with Crippen LogP contribution in [0, 0.1) is 5.82 Å². The molecule has 0 heterocycles. The normalized spacial score (nSPS) is 10.6. The topological polar surface area (TPSA) is 67.9 Å². The first kappa shape index (κ1) is 22.1. The van der Waals surface area contributed by atoms with Gasteiger partial charge < -0.3 is 19.7 Å². The molecule has 0 atom stereocenters. The Kier molecular flexibility index (Phi) is 7.88. The van der Waals surface area contributed by atoms with Gasteiger partial charge in [0, 0.05) is 18.7 Å². The number of alkyl halides is 2. The van der Waals surface area contributed by atoms with Gasteiger partial charge in [-0.25, -0.2) is 4.39 Å². The number of halogens is 3. The summed E-state index contributed by atoms with van der Waals surface area (Å²) in [7, 11) is 1.27. The molecule has 156 valence electrons. The largest absolute Gasteiger partial charge is 0.493 e. The monoisotopic (exact) mass is 410 g/mol. The molecule has 2 amide bonds. The van der Waals surface area contributed by atoms with E-state index in [1.54, 1.807) is 19.1 Å². The van der Waals surface area contributed by atoms with Crippen LogP contribution < -0.4 is 14.8 Å². The lowest BCUT2D eigenvalue weighted by molar-refractivity contribution is -0.121. The van der Waals surface area contributed by atoms with E-state index in [2.05, 4.69) is 10.1 Å². The lowest BCUT2D eigenvalue weighted by atomic mass is 10.1. The molecule has 2 aromatic carbocycles. The summed E-state index contributed by atoms with van der Waals surface area (Å²) in [6.07, 6.45) is 0. The van der Waals surface area contributed by atoms with Crippen molar-refractivity contribution >= 4 is 11.8 Å². The van der Waals surface area contributed by atoms with Crippen molar-refractivity contribution < 1.29 is 32.2 Å². The fourth-order valence-corrected chi connectivity index (χ4v) is 2.54. The van der Waals surface area contributed by atoms with Gasteiger partial charge in [0.1, 0.15) is 5.82 Å². The molecule has 0 unspecified atom stereocenters. The Morgan fingerprint density at radius 1 is 1.10 bits per heavy atom. The van der Waals surface area contributed by atoms with Gasteiger partial charge in [-0.05, 0) is 42.8 Å². The molecular weight excluding hydrogens is 389 g/mol. The van der Waals surface area contributed by atoms with E-state index in [0.717, 1.165) is 0 Å². The number of hydrogen-bond acceptors (Lipinski definition) is 4. The minimum absolute atomic E-state index is 0.0204. The van der Waals surface area contributed by atoms with Gasteiger partial charge in [0.25, 0.3) is 5.91 Å². The van der Waals surface area contributed by atoms with Crippen LogP contribution in [0.1, 0.15) is 22.8 Å². The zero-order valence-corrected chi connectivity index (χ0v) is 16.0. The standard InChI is InChI=1S/C20H21F3N2O4/c1-3-25(12-18(26)24-11-13-4-7-15(21)8-5-13)19(27)14-6-9-16(29-20(22)23)17(10-14)28-2/h4-10,20H,3,11-12H2,1-2H3,(H,24,26). The third-order valence-electron chi connectivity index (χ3n) is 4.03. The van der Waals surface area contributed by atoms with Crippen LogP contribution in [0.15, 0.2) is 42.5 Å². The second kappa shape index (κ2) is 10.4. The summed E-state index contributed by atoms with van der Waals surface area (Å²) in [5.74, 6) is -1.45. The number of nitrogens with zero attached hydrogens (tertiary/aromatic N) is 1. The molecule has 0 aliphatic heterocycles. The molecule has 0 aromatic heterocycles. The van der Waals surface area contributed by atoms with Gasteiger partial charge in [-0.1, -0.05) is 12.1 Å². The zero-order chi connectivity index (χ0) is 21.4. The van der Waals surface area contributed by atoms with Crippen molar-refractivity contribution in [1.82, 2.24) is 10.2 Å². The smallest absolute Gasteiger partial charge is 0.387 e. The van der Waals surface area contributed by atoms with E-state index in [9.17, 15) is 22.8 Å².